The van der Waals surface area contributed by atoms with Crippen molar-refractivity contribution in [1.82, 2.24) is 4.98 Å². The Morgan fingerprint density at radius 3 is 2.21 bits per heavy atom. The van der Waals surface area contributed by atoms with Gasteiger partial charge >= 0.3 is 0 Å². The highest BCUT2D eigenvalue weighted by atomic mass is 32.1. The fourth-order valence-corrected chi connectivity index (χ4v) is 2.93. The normalized spacial score (nSPS) is 11.7. The van der Waals surface area contributed by atoms with Gasteiger partial charge in [0.15, 0.2) is 5.13 Å². The molecule has 0 aliphatic rings. The summed E-state index contributed by atoms with van der Waals surface area (Å²) in [6, 6.07) is 0. The van der Waals surface area contributed by atoms with Crippen molar-refractivity contribution in [2.75, 3.05) is 11.9 Å². The monoisotopic (exact) mass is 413 g/mol. The van der Waals surface area contributed by atoms with Gasteiger partial charge in [-0.05, 0) is 56.9 Å². The maximum absolute atomic E-state index is 11.7. The highest BCUT2D eigenvalue weighted by Crippen LogP contribution is 2.11. The van der Waals surface area contributed by atoms with Crippen molar-refractivity contribution in [3.05, 3.63) is 70.6 Å². The van der Waals surface area contributed by atoms with E-state index in [4.69, 9.17) is 5.53 Å². The van der Waals surface area contributed by atoms with Crippen LogP contribution >= 0.6 is 11.3 Å². The van der Waals surface area contributed by atoms with E-state index in [1.165, 1.54) is 11.3 Å². The predicted octanol–water partition coefficient (Wildman–Crippen LogP) is 7.13. The van der Waals surface area contributed by atoms with E-state index in [0.717, 1.165) is 51.4 Å². The first-order valence-corrected chi connectivity index (χ1v) is 11.0. The number of anilines is 1. The second-order valence-electron chi connectivity index (χ2n) is 6.32. The third kappa shape index (κ3) is 16.1. The maximum Gasteiger partial charge on any atom is 0.226 e. The highest BCUT2D eigenvalue weighted by molar-refractivity contribution is 7.13. The smallest absolute Gasteiger partial charge is 0.226 e. The molecule has 1 aromatic rings. The minimum Gasteiger partial charge on any atom is -0.302 e. The average Bonchev–Trinajstić information content (AvgIpc) is 3.22. The molecule has 156 valence electrons. The Bertz CT molecular complexity index is 701. The first-order valence-electron chi connectivity index (χ1n) is 10.1. The lowest BCUT2D eigenvalue weighted by Crippen LogP contribution is -2.10. The highest BCUT2D eigenvalue weighted by Gasteiger charge is 2.02. The van der Waals surface area contributed by atoms with E-state index in [0.29, 0.717) is 18.1 Å². The molecular formula is C22H31N5OS. The fraction of sp³-hybridized carbons (Fsp3) is 0.455. The summed E-state index contributed by atoms with van der Waals surface area (Å²) in [6.07, 6.45) is 27.2. The number of carbonyl (C=O) groups is 1. The summed E-state index contributed by atoms with van der Waals surface area (Å²) < 4.78 is 0. The van der Waals surface area contributed by atoms with E-state index in [9.17, 15) is 4.79 Å². The number of azide groups is 1. The van der Waals surface area contributed by atoms with Gasteiger partial charge in [0.2, 0.25) is 5.91 Å². The van der Waals surface area contributed by atoms with Crippen LogP contribution in [0.5, 0.6) is 0 Å². The van der Waals surface area contributed by atoms with Crippen molar-refractivity contribution in [3.63, 3.8) is 0 Å². The molecule has 1 N–H and O–H groups in total. The Morgan fingerprint density at radius 1 is 1.00 bits per heavy atom. The second-order valence-corrected chi connectivity index (χ2v) is 7.22. The fourth-order valence-electron chi connectivity index (χ4n) is 2.39. The predicted molar refractivity (Wildman–Crippen MR) is 123 cm³/mol. The number of aromatic nitrogens is 1. The first kappa shape index (κ1) is 24.4. The standard InChI is InChI=1S/C22H31N5OS/c23-27-25-18-16-14-12-10-8-6-4-2-1-3-5-7-9-11-13-15-17-21(28)26-22-24-19-20-29-22/h2-5,8-11,19-20H,1,6-7,12-18H2,(H,24,26,28)/b4-2-,5-3-,10-8-,11-9-. The lowest BCUT2D eigenvalue weighted by atomic mass is 10.2. The Labute approximate surface area is 177 Å². The molecule has 0 aliphatic carbocycles. The Morgan fingerprint density at radius 2 is 1.62 bits per heavy atom. The van der Waals surface area contributed by atoms with Gasteiger partial charge in [0.05, 0.1) is 0 Å². The maximum atomic E-state index is 11.7. The van der Waals surface area contributed by atoms with E-state index in [1.54, 1.807) is 6.20 Å². The number of nitrogens with zero attached hydrogens (tertiary/aromatic N) is 4. The molecule has 0 saturated carbocycles. The number of hydrogen-bond acceptors (Lipinski definition) is 4. The van der Waals surface area contributed by atoms with Crippen LogP contribution in [-0.2, 0) is 4.79 Å². The molecule has 1 rings (SSSR count). The molecule has 0 spiro atoms. The van der Waals surface area contributed by atoms with Crippen LogP contribution in [0.15, 0.2) is 65.3 Å². The van der Waals surface area contributed by atoms with E-state index >= 15 is 0 Å². The summed E-state index contributed by atoms with van der Waals surface area (Å²) in [5.41, 5.74) is 8.17. The summed E-state index contributed by atoms with van der Waals surface area (Å²) in [7, 11) is 0. The molecule has 0 aromatic carbocycles. The number of nitrogens with one attached hydrogen (secondary N) is 1. The second kappa shape index (κ2) is 18.7. The number of carbonyl (C=O) groups excluding carboxylic acids is 1. The Balaban J connectivity index is 1.91. The zero-order chi connectivity index (χ0) is 20.8. The number of unbranched alkanes of at least 4 members (excludes halogenated alkanes) is 3. The van der Waals surface area contributed by atoms with Gasteiger partial charge < -0.3 is 5.32 Å². The Hall–Kier alpha value is -2.63. The van der Waals surface area contributed by atoms with Gasteiger partial charge in [-0.3, -0.25) is 4.79 Å². The third-order valence-corrected chi connectivity index (χ3v) is 4.57. The van der Waals surface area contributed by atoms with Crippen LogP contribution in [0.25, 0.3) is 10.4 Å². The van der Waals surface area contributed by atoms with Gasteiger partial charge in [-0.15, -0.1) is 11.3 Å². The van der Waals surface area contributed by atoms with Crippen LogP contribution in [0.4, 0.5) is 5.13 Å². The van der Waals surface area contributed by atoms with Gasteiger partial charge in [0, 0.05) is 29.5 Å². The molecule has 0 saturated heterocycles. The molecular weight excluding hydrogens is 382 g/mol. The number of thiazole rings is 1. The van der Waals surface area contributed by atoms with E-state index in [1.807, 2.05) is 5.38 Å². The van der Waals surface area contributed by atoms with Gasteiger partial charge in [-0.2, -0.15) is 0 Å². The molecule has 7 heteroatoms. The van der Waals surface area contributed by atoms with Crippen molar-refractivity contribution in [3.8, 4) is 0 Å². The molecule has 0 bridgehead atoms. The quantitative estimate of drug-likeness (QED) is 0.103. The van der Waals surface area contributed by atoms with Gasteiger partial charge in [0.1, 0.15) is 0 Å². The van der Waals surface area contributed by atoms with Gasteiger partial charge in [0.25, 0.3) is 0 Å². The number of amides is 1. The molecule has 0 aliphatic heterocycles. The topological polar surface area (TPSA) is 90.8 Å². The Kier molecular flexibility index (Phi) is 15.8. The third-order valence-electron chi connectivity index (χ3n) is 3.88. The summed E-state index contributed by atoms with van der Waals surface area (Å²) >= 11 is 1.43. The molecule has 0 atom stereocenters. The molecule has 1 heterocycles. The van der Waals surface area contributed by atoms with Crippen LogP contribution in [-0.4, -0.2) is 17.4 Å². The number of rotatable bonds is 16. The molecule has 1 amide bonds. The average molecular weight is 414 g/mol. The largest absolute Gasteiger partial charge is 0.302 e. The molecule has 1 aromatic heterocycles. The van der Waals surface area contributed by atoms with Crippen LogP contribution in [0.2, 0.25) is 0 Å². The minimum atomic E-state index is 0.0280. The van der Waals surface area contributed by atoms with Crippen LogP contribution in [0.3, 0.4) is 0 Å². The molecule has 0 unspecified atom stereocenters. The van der Waals surface area contributed by atoms with Gasteiger partial charge in [-0.1, -0.05) is 53.7 Å². The molecule has 0 fully saturated rings. The molecule has 0 radical (unpaired) electrons. The van der Waals surface area contributed by atoms with Crippen LogP contribution in [0, 0.1) is 0 Å². The zero-order valence-electron chi connectivity index (χ0n) is 16.9. The minimum absolute atomic E-state index is 0.0280. The van der Waals surface area contributed by atoms with Crippen molar-refractivity contribution in [2.45, 2.75) is 57.8 Å². The number of hydrogen-bond donors (Lipinski definition) is 1. The summed E-state index contributed by atoms with van der Waals surface area (Å²) in [4.78, 5) is 18.5. The van der Waals surface area contributed by atoms with Gasteiger partial charge in [-0.25, -0.2) is 4.98 Å². The summed E-state index contributed by atoms with van der Waals surface area (Å²) in [5, 5.41) is 8.82. The van der Waals surface area contributed by atoms with Crippen molar-refractivity contribution >= 4 is 22.4 Å². The summed E-state index contributed by atoms with van der Waals surface area (Å²) in [5.74, 6) is 0.0280. The summed E-state index contributed by atoms with van der Waals surface area (Å²) in [6.45, 7) is 0.594. The molecule has 29 heavy (non-hydrogen) atoms. The van der Waals surface area contributed by atoms with E-state index in [2.05, 4.69) is 68.9 Å². The van der Waals surface area contributed by atoms with Crippen molar-refractivity contribution < 1.29 is 4.79 Å². The SMILES string of the molecule is [N-]=[N+]=NCCCC/C=C\C/C=C\C/C=C\C/C=C\CCCC(=O)Nc1nccs1. The van der Waals surface area contributed by atoms with Crippen LogP contribution in [0.1, 0.15) is 57.8 Å². The first-order chi connectivity index (χ1) is 14.3. The van der Waals surface area contributed by atoms with Crippen molar-refractivity contribution in [2.24, 2.45) is 5.11 Å². The van der Waals surface area contributed by atoms with Crippen molar-refractivity contribution in [1.29, 1.82) is 0 Å². The number of allylic oxidation sites excluding steroid dienone is 8. The van der Waals surface area contributed by atoms with Crippen LogP contribution < -0.4 is 5.32 Å². The lowest BCUT2D eigenvalue weighted by Gasteiger charge is -1.99. The zero-order valence-corrected chi connectivity index (χ0v) is 17.8. The molecule has 6 nitrogen and oxygen atoms in total. The van der Waals surface area contributed by atoms with E-state index < -0.39 is 0 Å². The lowest BCUT2D eigenvalue weighted by molar-refractivity contribution is -0.116. The van der Waals surface area contributed by atoms with E-state index in [-0.39, 0.29) is 5.91 Å².